The van der Waals surface area contributed by atoms with Gasteiger partial charge in [0.25, 0.3) is 0 Å². The molecule has 4 unspecified atom stereocenters. The minimum absolute atomic E-state index is 0.0179. The fraction of sp³-hybridized carbons (Fsp3) is 0.346. The Hall–Kier alpha value is -2.67. The van der Waals surface area contributed by atoms with Crippen LogP contribution in [0.3, 0.4) is 0 Å². The van der Waals surface area contributed by atoms with Crippen molar-refractivity contribution >= 4 is 23.8 Å². The summed E-state index contributed by atoms with van der Waals surface area (Å²) in [7, 11) is -1.59. The number of rotatable bonds is 7. The van der Waals surface area contributed by atoms with Crippen molar-refractivity contribution in [3.63, 3.8) is 0 Å². The molecule has 1 saturated heterocycles. The van der Waals surface area contributed by atoms with Gasteiger partial charge in [-0.2, -0.15) is 0 Å². The maximum absolute atomic E-state index is 13.4. The molecule has 4 N–H and O–H groups in total. The van der Waals surface area contributed by atoms with Crippen molar-refractivity contribution in [3.05, 3.63) is 83.9 Å². The van der Waals surface area contributed by atoms with E-state index in [1.165, 1.54) is 16.3 Å². The van der Waals surface area contributed by atoms with Crippen LogP contribution in [0.5, 0.6) is 0 Å². The van der Waals surface area contributed by atoms with Gasteiger partial charge in [0.1, 0.15) is 0 Å². The molecular weight excluding hydrogens is 399 g/mol. The van der Waals surface area contributed by atoms with Gasteiger partial charge >= 0.3 is 7.12 Å². The molecule has 4 atom stereocenters. The Morgan fingerprint density at radius 1 is 1.03 bits per heavy atom. The molecule has 5 nitrogen and oxygen atoms in total. The molecule has 1 fully saturated rings. The minimum atomic E-state index is -1.59. The third-order valence-electron chi connectivity index (χ3n) is 6.39. The van der Waals surface area contributed by atoms with Gasteiger partial charge in [-0.3, -0.25) is 10.1 Å². The highest BCUT2D eigenvalue weighted by atomic mass is 16.4. The summed E-state index contributed by atoms with van der Waals surface area (Å²) >= 11 is 0. The number of hydrogen-bond donors (Lipinski definition) is 4. The predicted molar refractivity (Wildman–Crippen MR) is 129 cm³/mol. The second kappa shape index (κ2) is 9.86. The zero-order chi connectivity index (χ0) is 22.7. The van der Waals surface area contributed by atoms with Gasteiger partial charge in [0.15, 0.2) is 0 Å². The number of benzene rings is 3. The van der Waals surface area contributed by atoms with Crippen molar-refractivity contribution in [1.82, 2.24) is 10.6 Å². The van der Waals surface area contributed by atoms with Crippen LogP contribution >= 0.6 is 0 Å². The first-order valence-corrected chi connectivity index (χ1v) is 11.4. The summed E-state index contributed by atoms with van der Waals surface area (Å²) in [6.07, 6.45) is 1.28. The molecule has 166 valence electrons. The maximum atomic E-state index is 13.4. The van der Waals surface area contributed by atoms with Crippen molar-refractivity contribution in [2.45, 2.75) is 50.6 Å². The Bertz CT molecular complexity index is 1050. The molecule has 3 aromatic rings. The number of hydrogen-bond acceptors (Lipinski definition) is 4. The molecule has 1 amide bonds. The van der Waals surface area contributed by atoms with E-state index in [1.54, 1.807) is 0 Å². The van der Waals surface area contributed by atoms with Crippen LogP contribution in [-0.2, 0) is 4.79 Å². The Balaban J connectivity index is 1.64. The van der Waals surface area contributed by atoms with Crippen LogP contribution in [0.25, 0.3) is 10.8 Å². The lowest BCUT2D eigenvalue weighted by Gasteiger charge is -2.25. The quantitative estimate of drug-likeness (QED) is 0.432. The zero-order valence-corrected chi connectivity index (χ0v) is 18.6. The average Bonchev–Trinajstić information content (AvgIpc) is 3.24. The van der Waals surface area contributed by atoms with E-state index in [9.17, 15) is 14.8 Å². The van der Waals surface area contributed by atoms with E-state index in [-0.39, 0.29) is 23.8 Å². The second-order valence-electron chi connectivity index (χ2n) is 9.18. The second-order valence-corrected chi connectivity index (χ2v) is 9.18. The summed E-state index contributed by atoms with van der Waals surface area (Å²) in [5.41, 5.74) is 2.29. The van der Waals surface area contributed by atoms with E-state index >= 15 is 0 Å². The molecular formula is C26H31BN2O3. The first kappa shape index (κ1) is 22.5. The van der Waals surface area contributed by atoms with E-state index in [4.69, 9.17) is 0 Å². The van der Waals surface area contributed by atoms with Gasteiger partial charge in [-0.1, -0.05) is 86.6 Å². The highest BCUT2D eigenvalue weighted by Gasteiger charge is 2.41. The molecule has 6 heteroatoms. The summed E-state index contributed by atoms with van der Waals surface area (Å²) in [5.74, 6) is -0.680. The van der Waals surface area contributed by atoms with E-state index in [0.29, 0.717) is 6.42 Å². The lowest BCUT2D eigenvalue weighted by atomic mass is 9.74. The van der Waals surface area contributed by atoms with Crippen LogP contribution in [0.15, 0.2) is 72.8 Å². The number of amides is 1. The van der Waals surface area contributed by atoms with Crippen LogP contribution in [0.2, 0.25) is 0 Å². The SMILES string of the molecule is CC(C)CC(NC(=O)C1NC(c2cccc3ccccc23)CC1c1ccccc1)B(O)O. The van der Waals surface area contributed by atoms with Crippen LogP contribution < -0.4 is 10.6 Å². The van der Waals surface area contributed by atoms with Crippen molar-refractivity contribution in [1.29, 1.82) is 0 Å². The summed E-state index contributed by atoms with van der Waals surface area (Å²) in [6.45, 7) is 4.00. The predicted octanol–water partition coefficient (Wildman–Crippen LogP) is 3.57. The number of carbonyl (C=O) groups is 1. The molecule has 0 spiro atoms. The molecule has 1 aliphatic heterocycles. The van der Waals surface area contributed by atoms with Gasteiger partial charge in [0, 0.05) is 12.0 Å². The lowest BCUT2D eigenvalue weighted by Crippen LogP contribution is -2.53. The molecule has 1 heterocycles. The van der Waals surface area contributed by atoms with E-state index in [0.717, 1.165) is 12.0 Å². The standard InChI is InChI=1S/C26H31BN2O3/c1-17(2)15-24(27(31)32)29-26(30)25-22(19-9-4-3-5-10-19)16-23(28-25)21-14-8-12-18-11-6-7-13-20(18)21/h3-14,17,22-25,28,31-32H,15-16H2,1-2H3,(H,29,30). The van der Waals surface area contributed by atoms with Crippen molar-refractivity contribution in [3.8, 4) is 0 Å². The molecule has 0 aliphatic carbocycles. The molecule has 4 rings (SSSR count). The molecule has 3 aromatic carbocycles. The molecule has 32 heavy (non-hydrogen) atoms. The molecule has 1 aliphatic rings. The van der Waals surface area contributed by atoms with Gasteiger partial charge in [0.05, 0.1) is 12.0 Å². The molecule has 0 saturated carbocycles. The molecule has 0 bridgehead atoms. The smallest absolute Gasteiger partial charge is 0.426 e. The summed E-state index contributed by atoms with van der Waals surface area (Å²) in [5, 5.41) is 28.4. The lowest BCUT2D eigenvalue weighted by molar-refractivity contribution is -0.123. The van der Waals surface area contributed by atoms with Gasteiger partial charge in [-0.05, 0) is 40.7 Å². The Kier molecular flexibility index (Phi) is 6.94. The normalized spacial score (nSPS) is 21.6. The summed E-state index contributed by atoms with van der Waals surface area (Å²) in [6, 6.07) is 24.2. The fourth-order valence-electron chi connectivity index (χ4n) is 4.88. The van der Waals surface area contributed by atoms with Crippen molar-refractivity contribution in [2.24, 2.45) is 5.92 Å². The Morgan fingerprint density at radius 2 is 1.72 bits per heavy atom. The first-order valence-electron chi connectivity index (χ1n) is 11.4. The Morgan fingerprint density at radius 3 is 2.44 bits per heavy atom. The van der Waals surface area contributed by atoms with Gasteiger partial charge < -0.3 is 15.4 Å². The third kappa shape index (κ3) is 4.88. The Labute approximate surface area is 190 Å². The first-order chi connectivity index (χ1) is 15.4. The summed E-state index contributed by atoms with van der Waals surface area (Å²) < 4.78 is 0. The van der Waals surface area contributed by atoms with Gasteiger partial charge in [0.2, 0.25) is 5.91 Å². The van der Waals surface area contributed by atoms with Gasteiger partial charge in [-0.15, -0.1) is 0 Å². The fourth-order valence-corrected chi connectivity index (χ4v) is 4.88. The maximum Gasteiger partial charge on any atom is 0.475 e. The van der Waals surface area contributed by atoms with Crippen LogP contribution in [-0.4, -0.2) is 35.1 Å². The largest absolute Gasteiger partial charge is 0.475 e. The molecule has 0 radical (unpaired) electrons. The van der Waals surface area contributed by atoms with Crippen molar-refractivity contribution in [2.75, 3.05) is 0 Å². The highest BCUT2D eigenvalue weighted by Crippen LogP contribution is 2.40. The van der Waals surface area contributed by atoms with E-state index in [2.05, 4.69) is 53.1 Å². The number of nitrogens with one attached hydrogen (secondary N) is 2. The average molecular weight is 430 g/mol. The monoisotopic (exact) mass is 430 g/mol. The van der Waals surface area contributed by atoms with Crippen molar-refractivity contribution < 1.29 is 14.8 Å². The molecule has 0 aromatic heterocycles. The highest BCUT2D eigenvalue weighted by molar-refractivity contribution is 6.43. The van der Waals surface area contributed by atoms with Crippen LogP contribution in [0, 0.1) is 5.92 Å². The number of carbonyl (C=O) groups excluding carboxylic acids is 1. The number of fused-ring (bicyclic) bond motifs is 1. The van der Waals surface area contributed by atoms with Gasteiger partial charge in [-0.25, -0.2) is 0 Å². The van der Waals surface area contributed by atoms with Crippen LogP contribution in [0.1, 0.15) is 49.8 Å². The summed E-state index contributed by atoms with van der Waals surface area (Å²) in [4.78, 5) is 13.4. The third-order valence-corrected chi connectivity index (χ3v) is 6.39. The van der Waals surface area contributed by atoms with E-state index < -0.39 is 19.1 Å². The topological polar surface area (TPSA) is 81.6 Å². The van der Waals surface area contributed by atoms with Crippen LogP contribution in [0.4, 0.5) is 0 Å². The minimum Gasteiger partial charge on any atom is -0.426 e. The zero-order valence-electron chi connectivity index (χ0n) is 18.6. The van der Waals surface area contributed by atoms with E-state index in [1.807, 2.05) is 44.2 Å².